The van der Waals surface area contributed by atoms with Crippen molar-refractivity contribution in [2.75, 3.05) is 31.9 Å². The molecule has 1 fully saturated rings. The normalized spacial score (nSPS) is 17.6. The number of thioether (sulfide) groups is 1. The first-order valence-electron chi connectivity index (χ1n) is 9.47. The average Bonchev–Trinajstić information content (AvgIpc) is 2.68. The summed E-state index contributed by atoms with van der Waals surface area (Å²) >= 11 is 1.89. The van der Waals surface area contributed by atoms with Gasteiger partial charge in [0.15, 0.2) is 0 Å². The van der Waals surface area contributed by atoms with Gasteiger partial charge in [0.25, 0.3) is 5.91 Å². The summed E-state index contributed by atoms with van der Waals surface area (Å²) in [4.78, 5) is 30.5. The molecular weight excluding hydrogens is 332 g/mol. The van der Waals surface area contributed by atoms with Crippen molar-refractivity contribution in [2.24, 2.45) is 5.92 Å². The Bertz CT molecular complexity index is 635. The summed E-state index contributed by atoms with van der Waals surface area (Å²) in [5.74, 6) is 1.66. The quantitative estimate of drug-likeness (QED) is 0.826. The van der Waals surface area contributed by atoms with E-state index in [1.807, 2.05) is 27.6 Å². The molecule has 0 N–H and O–H groups in total. The zero-order chi connectivity index (χ0) is 17.8. The molecule has 136 valence electrons. The maximum Gasteiger partial charge on any atom is 0.253 e. The van der Waals surface area contributed by atoms with E-state index < -0.39 is 0 Å². The van der Waals surface area contributed by atoms with Crippen LogP contribution in [0.25, 0.3) is 0 Å². The van der Waals surface area contributed by atoms with Gasteiger partial charge in [-0.2, -0.15) is 0 Å². The first kappa shape index (κ1) is 18.3. The Balaban J connectivity index is 1.61. The smallest absolute Gasteiger partial charge is 0.253 e. The lowest BCUT2D eigenvalue weighted by Crippen LogP contribution is -2.51. The third kappa shape index (κ3) is 4.02. The first-order valence-corrected chi connectivity index (χ1v) is 10.5. The van der Waals surface area contributed by atoms with E-state index in [1.54, 1.807) is 0 Å². The number of carbonyl (C=O) groups excluding carboxylic acids is 2. The minimum absolute atomic E-state index is 0.105. The predicted octanol–water partition coefficient (Wildman–Crippen LogP) is 3.45. The van der Waals surface area contributed by atoms with Crippen LogP contribution in [0.3, 0.4) is 0 Å². The fourth-order valence-electron chi connectivity index (χ4n) is 3.70. The number of rotatable bonds is 4. The van der Waals surface area contributed by atoms with E-state index in [0.717, 1.165) is 24.8 Å². The molecule has 0 spiro atoms. The molecule has 1 aromatic carbocycles. The molecule has 0 aromatic heterocycles. The van der Waals surface area contributed by atoms with Gasteiger partial charge in [-0.15, -0.1) is 11.8 Å². The highest BCUT2D eigenvalue weighted by atomic mass is 32.2. The molecule has 0 aliphatic carbocycles. The second-order valence-corrected chi connectivity index (χ2v) is 8.04. The third-order valence-corrected chi connectivity index (χ3v) is 6.57. The molecule has 0 radical (unpaired) electrons. The zero-order valence-electron chi connectivity index (χ0n) is 15.3. The Labute approximate surface area is 154 Å². The van der Waals surface area contributed by atoms with Crippen molar-refractivity contribution in [1.82, 2.24) is 9.80 Å². The molecule has 2 heterocycles. The molecule has 1 aromatic rings. The van der Waals surface area contributed by atoms with Crippen molar-refractivity contribution >= 4 is 23.6 Å². The van der Waals surface area contributed by atoms with Gasteiger partial charge in [-0.25, -0.2) is 0 Å². The zero-order valence-corrected chi connectivity index (χ0v) is 16.1. The van der Waals surface area contributed by atoms with Crippen LogP contribution < -0.4 is 0 Å². The summed E-state index contributed by atoms with van der Waals surface area (Å²) in [7, 11) is 0. The summed E-state index contributed by atoms with van der Waals surface area (Å²) in [5.41, 5.74) is 2.10. The van der Waals surface area contributed by atoms with Crippen LogP contribution in [0.1, 0.15) is 49.0 Å². The van der Waals surface area contributed by atoms with Crippen LogP contribution in [0.4, 0.5) is 0 Å². The van der Waals surface area contributed by atoms with Gasteiger partial charge < -0.3 is 9.80 Å². The minimum atomic E-state index is 0.105. The van der Waals surface area contributed by atoms with Gasteiger partial charge in [-0.05, 0) is 55.2 Å². The lowest BCUT2D eigenvalue weighted by atomic mass is 10.0. The standard InChI is InChI=1S/C20H28N2O2S/c1-3-15(4-2)19(23)21-9-11-22(12-10-21)20(24)17-7-8-18-16(14-17)6-5-13-25-18/h7-8,14-15H,3-6,9-13H2,1-2H3. The second-order valence-electron chi connectivity index (χ2n) is 6.91. The Morgan fingerprint density at radius 3 is 2.44 bits per heavy atom. The molecule has 5 heteroatoms. The van der Waals surface area contributed by atoms with Crippen molar-refractivity contribution in [1.29, 1.82) is 0 Å². The van der Waals surface area contributed by atoms with Crippen LogP contribution in [0.15, 0.2) is 23.1 Å². The number of hydrogen-bond donors (Lipinski definition) is 0. The summed E-state index contributed by atoms with van der Waals surface area (Å²) < 4.78 is 0. The fraction of sp³-hybridized carbons (Fsp3) is 0.600. The van der Waals surface area contributed by atoms with E-state index in [-0.39, 0.29) is 17.7 Å². The Hall–Kier alpha value is -1.49. The van der Waals surface area contributed by atoms with Crippen molar-refractivity contribution < 1.29 is 9.59 Å². The van der Waals surface area contributed by atoms with Gasteiger partial charge in [0.1, 0.15) is 0 Å². The van der Waals surface area contributed by atoms with Crippen LogP contribution in [0.2, 0.25) is 0 Å². The number of hydrogen-bond acceptors (Lipinski definition) is 3. The van der Waals surface area contributed by atoms with Crippen LogP contribution >= 0.6 is 11.8 Å². The summed E-state index contributed by atoms with van der Waals surface area (Å²) in [6.45, 7) is 6.72. The highest BCUT2D eigenvalue weighted by molar-refractivity contribution is 7.99. The SMILES string of the molecule is CCC(CC)C(=O)N1CCN(C(=O)c2ccc3c(c2)CCCS3)CC1. The maximum atomic E-state index is 12.8. The molecule has 0 unspecified atom stereocenters. The fourth-order valence-corrected chi connectivity index (χ4v) is 4.72. The number of aryl methyl sites for hydroxylation is 1. The summed E-state index contributed by atoms with van der Waals surface area (Å²) in [6.07, 6.45) is 4.04. The van der Waals surface area contributed by atoms with Gasteiger partial charge in [-0.1, -0.05) is 13.8 Å². The first-order chi connectivity index (χ1) is 12.1. The minimum Gasteiger partial charge on any atom is -0.339 e. The van der Waals surface area contributed by atoms with Crippen molar-refractivity contribution in [2.45, 2.75) is 44.4 Å². The Morgan fingerprint density at radius 2 is 1.76 bits per heavy atom. The van der Waals surface area contributed by atoms with E-state index in [4.69, 9.17) is 0 Å². The highest BCUT2D eigenvalue weighted by Crippen LogP contribution is 2.30. The summed E-state index contributed by atoms with van der Waals surface area (Å²) in [5, 5.41) is 0. The van der Waals surface area contributed by atoms with Crippen LogP contribution in [-0.4, -0.2) is 53.5 Å². The van der Waals surface area contributed by atoms with Crippen LogP contribution in [-0.2, 0) is 11.2 Å². The molecule has 2 aliphatic rings. The molecule has 3 rings (SSSR count). The summed E-state index contributed by atoms with van der Waals surface area (Å²) in [6, 6.07) is 6.13. The van der Waals surface area contributed by atoms with E-state index in [1.165, 1.54) is 22.6 Å². The Morgan fingerprint density at radius 1 is 1.08 bits per heavy atom. The average molecular weight is 361 g/mol. The van der Waals surface area contributed by atoms with Crippen molar-refractivity contribution in [3.8, 4) is 0 Å². The molecule has 0 saturated carbocycles. The van der Waals surface area contributed by atoms with E-state index in [2.05, 4.69) is 26.0 Å². The number of nitrogens with zero attached hydrogens (tertiary/aromatic N) is 2. The van der Waals surface area contributed by atoms with Gasteiger partial charge in [0.05, 0.1) is 0 Å². The Kier molecular flexibility index (Phi) is 6.05. The number of fused-ring (bicyclic) bond motifs is 1. The van der Waals surface area contributed by atoms with Gasteiger partial charge >= 0.3 is 0 Å². The third-order valence-electron chi connectivity index (χ3n) is 5.37. The van der Waals surface area contributed by atoms with Gasteiger partial charge in [0.2, 0.25) is 5.91 Å². The monoisotopic (exact) mass is 360 g/mol. The molecule has 0 atom stereocenters. The molecule has 1 saturated heterocycles. The van der Waals surface area contributed by atoms with E-state index in [0.29, 0.717) is 26.2 Å². The maximum absolute atomic E-state index is 12.8. The number of amides is 2. The number of carbonyl (C=O) groups is 2. The van der Waals surface area contributed by atoms with Gasteiger partial charge in [-0.3, -0.25) is 9.59 Å². The van der Waals surface area contributed by atoms with Crippen molar-refractivity contribution in [3.63, 3.8) is 0 Å². The van der Waals surface area contributed by atoms with Crippen molar-refractivity contribution in [3.05, 3.63) is 29.3 Å². The molecule has 4 nitrogen and oxygen atoms in total. The number of benzene rings is 1. The molecule has 2 amide bonds. The second kappa shape index (κ2) is 8.26. The lowest BCUT2D eigenvalue weighted by Gasteiger charge is -2.36. The highest BCUT2D eigenvalue weighted by Gasteiger charge is 2.28. The molecule has 0 bridgehead atoms. The van der Waals surface area contributed by atoms with E-state index >= 15 is 0 Å². The topological polar surface area (TPSA) is 40.6 Å². The predicted molar refractivity (Wildman–Crippen MR) is 102 cm³/mol. The lowest BCUT2D eigenvalue weighted by molar-refractivity contribution is -0.137. The molecule has 2 aliphatic heterocycles. The molecular formula is C20H28N2O2S. The van der Waals surface area contributed by atoms with Gasteiger partial charge in [0, 0.05) is 42.6 Å². The molecule has 25 heavy (non-hydrogen) atoms. The van der Waals surface area contributed by atoms with E-state index in [9.17, 15) is 9.59 Å². The van der Waals surface area contributed by atoms with Crippen LogP contribution in [0.5, 0.6) is 0 Å². The van der Waals surface area contributed by atoms with Crippen LogP contribution in [0, 0.1) is 5.92 Å². The largest absolute Gasteiger partial charge is 0.339 e. The number of piperazine rings is 1.